The fourth-order valence-electron chi connectivity index (χ4n) is 5.62. The van der Waals surface area contributed by atoms with Crippen molar-refractivity contribution in [3.05, 3.63) is 35.9 Å². The van der Waals surface area contributed by atoms with Crippen molar-refractivity contribution in [2.75, 3.05) is 24.6 Å². The summed E-state index contributed by atoms with van der Waals surface area (Å²) >= 11 is 8.41. The van der Waals surface area contributed by atoms with Gasteiger partial charge in [-0.15, -0.1) is 0 Å². The van der Waals surface area contributed by atoms with Crippen LogP contribution < -0.4 is 43.8 Å². The number of rotatable bonds is 23. The van der Waals surface area contributed by atoms with Crippen LogP contribution in [0, 0.1) is 0 Å². The molecule has 12 N–H and O–H groups in total. The zero-order chi connectivity index (χ0) is 40.4. The summed E-state index contributed by atoms with van der Waals surface area (Å²) in [5.41, 5.74) is 17.2. The largest absolute Gasteiger partial charge is 0.480 e. The highest BCUT2D eigenvalue weighted by molar-refractivity contribution is 7.80. The van der Waals surface area contributed by atoms with Gasteiger partial charge in [0.25, 0.3) is 0 Å². The minimum Gasteiger partial charge on any atom is -0.480 e. The third-order valence-electron chi connectivity index (χ3n) is 8.72. The molecule has 2 rings (SSSR count). The number of carbonyl (C=O) groups excluding carboxylic acids is 7. The molecule has 0 aromatic heterocycles. The number of nitrogens with one attached hydrogen (secondary N) is 5. The van der Waals surface area contributed by atoms with Crippen LogP contribution in [0.2, 0.25) is 0 Å². The number of aliphatic carboxylic acids is 1. The number of unbranched alkanes of at least 4 members (excludes halogenated alkanes) is 1. The lowest BCUT2D eigenvalue weighted by Gasteiger charge is -2.30. The van der Waals surface area contributed by atoms with Crippen LogP contribution in [-0.4, -0.2) is 124 Å². The smallest absolute Gasteiger partial charge is 0.326 e. The number of carboxylic acid groups (broad SMARTS) is 1. The number of amides is 7. The molecule has 20 heteroatoms. The highest BCUT2D eigenvalue weighted by Crippen LogP contribution is 2.20. The molecule has 1 aliphatic rings. The molecule has 0 unspecified atom stereocenters. The second-order valence-corrected chi connectivity index (χ2v) is 13.7. The number of nitrogens with two attached hydrogens (primary N) is 3. The van der Waals surface area contributed by atoms with Gasteiger partial charge in [-0.1, -0.05) is 36.8 Å². The minimum atomic E-state index is -1.42. The van der Waals surface area contributed by atoms with Crippen LogP contribution in [0.4, 0.5) is 0 Å². The van der Waals surface area contributed by atoms with E-state index in [1.165, 1.54) is 11.8 Å². The first kappa shape index (κ1) is 45.8. The lowest BCUT2D eigenvalue weighted by molar-refractivity contribution is -0.143. The molecule has 1 aromatic rings. The van der Waals surface area contributed by atoms with E-state index in [9.17, 15) is 43.5 Å². The molecule has 0 spiro atoms. The Labute approximate surface area is 325 Å². The topological polar surface area (TPSA) is 298 Å². The zero-order valence-corrected chi connectivity index (χ0v) is 32.0. The third kappa shape index (κ3) is 14.8. The standard InChI is InChI=1S/C34H53N9O9S2/c1-19(28(45)39-22(34(51)52)12-13-27(37)44)38-32(49)26-11-7-15-43(26)33(50)23(16-20-8-3-2-4-9-20)40-30(47)25(18-54)42-31(48)24(17-53)41-29(46)21(36)10-5-6-14-35/h2-4,8-9,19,21-26,53-54H,5-7,10-18,35-36H2,1H3,(H2,37,44)(H,38,49)(H,39,45)(H,40,47)(H,41,46)(H,42,48)(H,51,52)/t19-,21-,22-,23-,24-,25-,26-/m0/s1. The highest BCUT2D eigenvalue weighted by atomic mass is 32.1. The predicted octanol–water partition coefficient (Wildman–Crippen LogP) is -2.67. The van der Waals surface area contributed by atoms with Crippen LogP contribution in [0.5, 0.6) is 0 Å². The van der Waals surface area contributed by atoms with Crippen molar-refractivity contribution in [2.45, 2.75) is 101 Å². The number of benzene rings is 1. The summed E-state index contributed by atoms with van der Waals surface area (Å²) in [4.78, 5) is 104. The molecule has 7 atom stereocenters. The van der Waals surface area contributed by atoms with E-state index < -0.39 is 89.6 Å². The summed E-state index contributed by atoms with van der Waals surface area (Å²) in [5.74, 6) is -6.51. The van der Waals surface area contributed by atoms with E-state index in [4.69, 9.17) is 17.2 Å². The Bertz CT molecular complexity index is 1470. The van der Waals surface area contributed by atoms with Gasteiger partial charge in [-0.3, -0.25) is 33.6 Å². The third-order valence-corrected chi connectivity index (χ3v) is 9.45. The number of primary amides is 1. The summed E-state index contributed by atoms with van der Waals surface area (Å²) in [6, 6.07) is 0.736. The number of nitrogens with zero attached hydrogens (tertiary/aromatic N) is 1. The van der Waals surface area contributed by atoms with Gasteiger partial charge < -0.3 is 53.8 Å². The Morgan fingerprint density at radius 1 is 0.815 bits per heavy atom. The number of thiol groups is 2. The van der Waals surface area contributed by atoms with Crippen molar-refractivity contribution in [3.8, 4) is 0 Å². The first-order valence-electron chi connectivity index (χ1n) is 17.7. The molecule has 0 saturated carbocycles. The first-order valence-corrected chi connectivity index (χ1v) is 18.9. The summed E-state index contributed by atoms with van der Waals surface area (Å²) in [7, 11) is 0. The van der Waals surface area contributed by atoms with E-state index >= 15 is 0 Å². The SMILES string of the molecule is C[C@H](NC(=O)[C@@H]1CCCN1C(=O)[C@H](Cc1ccccc1)NC(=O)[C@H](CS)NC(=O)[C@H](CS)NC(=O)[C@@H](N)CCCCN)C(=O)N[C@@H](CCC(N)=O)C(=O)O. The number of carbonyl (C=O) groups is 8. The Hall–Kier alpha value is -4.40. The van der Waals surface area contributed by atoms with Crippen molar-refractivity contribution < 1.29 is 43.5 Å². The Kier molecular flexibility index (Phi) is 19.8. The van der Waals surface area contributed by atoms with Gasteiger partial charge in [0.05, 0.1) is 6.04 Å². The zero-order valence-electron chi connectivity index (χ0n) is 30.2. The molecule has 18 nitrogen and oxygen atoms in total. The predicted molar refractivity (Wildman–Crippen MR) is 205 cm³/mol. The first-order chi connectivity index (χ1) is 25.6. The second kappa shape index (κ2) is 23.4. The Balaban J connectivity index is 2.17. The number of hydrogen-bond donors (Lipinski definition) is 11. The van der Waals surface area contributed by atoms with Crippen molar-refractivity contribution in [1.82, 2.24) is 31.5 Å². The van der Waals surface area contributed by atoms with E-state index in [0.29, 0.717) is 37.8 Å². The van der Waals surface area contributed by atoms with Crippen LogP contribution in [0.15, 0.2) is 30.3 Å². The van der Waals surface area contributed by atoms with Gasteiger partial charge in [0.2, 0.25) is 41.4 Å². The lowest BCUT2D eigenvalue weighted by Crippen LogP contribution is -2.60. The van der Waals surface area contributed by atoms with Crippen molar-refractivity contribution >= 4 is 72.6 Å². The summed E-state index contributed by atoms with van der Waals surface area (Å²) in [5, 5.41) is 22.0. The summed E-state index contributed by atoms with van der Waals surface area (Å²) in [6.45, 7) is 1.96. The highest BCUT2D eigenvalue weighted by Gasteiger charge is 2.39. The average Bonchev–Trinajstić information content (AvgIpc) is 3.64. The van der Waals surface area contributed by atoms with Crippen LogP contribution in [0.3, 0.4) is 0 Å². The monoisotopic (exact) mass is 795 g/mol. The summed E-state index contributed by atoms with van der Waals surface area (Å²) in [6.07, 6.45) is 1.87. The van der Waals surface area contributed by atoms with Gasteiger partial charge >= 0.3 is 5.97 Å². The van der Waals surface area contributed by atoms with Crippen LogP contribution in [-0.2, 0) is 44.8 Å². The molecule has 1 aliphatic heterocycles. The summed E-state index contributed by atoms with van der Waals surface area (Å²) < 4.78 is 0. The molecule has 0 radical (unpaired) electrons. The van der Waals surface area contributed by atoms with Gasteiger partial charge in [0.15, 0.2) is 0 Å². The van der Waals surface area contributed by atoms with Crippen molar-refractivity contribution in [3.63, 3.8) is 0 Å². The van der Waals surface area contributed by atoms with Crippen LogP contribution in [0.25, 0.3) is 0 Å². The van der Waals surface area contributed by atoms with E-state index in [2.05, 4.69) is 51.8 Å². The normalized spacial score (nSPS) is 17.1. The Morgan fingerprint density at radius 3 is 1.94 bits per heavy atom. The molecule has 1 aromatic carbocycles. The Morgan fingerprint density at radius 2 is 1.39 bits per heavy atom. The lowest BCUT2D eigenvalue weighted by atomic mass is 10.0. The van der Waals surface area contributed by atoms with Gasteiger partial charge in [0.1, 0.15) is 36.3 Å². The maximum atomic E-state index is 14.1. The van der Waals surface area contributed by atoms with Crippen LogP contribution in [0.1, 0.15) is 57.4 Å². The van der Waals surface area contributed by atoms with E-state index in [0.717, 1.165) is 0 Å². The number of likely N-dealkylation sites (tertiary alicyclic amines) is 1. The van der Waals surface area contributed by atoms with E-state index in [1.807, 2.05) is 0 Å². The fourth-order valence-corrected chi connectivity index (χ4v) is 6.13. The molecular weight excluding hydrogens is 743 g/mol. The number of hydrogen-bond acceptors (Lipinski definition) is 12. The maximum absolute atomic E-state index is 14.1. The van der Waals surface area contributed by atoms with Crippen molar-refractivity contribution in [2.24, 2.45) is 17.2 Å². The molecule has 0 aliphatic carbocycles. The molecule has 1 heterocycles. The van der Waals surface area contributed by atoms with Gasteiger partial charge in [-0.2, -0.15) is 25.3 Å². The van der Waals surface area contributed by atoms with Crippen LogP contribution >= 0.6 is 25.3 Å². The van der Waals surface area contributed by atoms with Crippen molar-refractivity contribution in [1.29, 1.82) is 0 Å². The molecule has 7 amide bonds. The molecule has 0 bridgehead atoms. The number of carboxylic acids is 1. The second-order valence-electron chi connectivity index (χ2n) is 13.0. The van der Waals surface area contributed by atoms with Gasteiger partial charge in [-0.25, -0.2) is 4.79 Å². The molecule has 1 fully saturated rings. The minimum absolute atomic E-state index is 0.0293. The van der Waals surface area contributed by atoms with E-state index in [1.54, 1.807) is 30.3 Å². The fraction of sp³-hybridized carbons (Fsp3) is 0.588. The molecule has 54 heavy (non-hydrogen) atoms. The molecular formula is C34H53N9O9S2. The van der Waals surface area contributed by atoms with Gasteiger partial charge in [0, 0.05) is 30.9 Å². The molecule has 300 valence electrons. The van der Waals surface area contributed by atoms with E-state index in [-0.39, 0.29) is 43.7 Å². The quantitative estimate of drug-likeness (QED) is 0.0401. The van der Waals surface area contributed by atoms with Gasteiger partial charge in [-0.05, 0) is 51.1 Å². The maximum Gasteiger partial charge on any atom is 0.326 e. The molecule has 1 saturated heterocycles. The average molecular weight is 796 g/mol.